The number of ether oxygens (including phenoxy) is 1. The molecule has 2 heterocycles. The highest BCUT2D eigenvalue weighted by molar-refractivity contribution is 7.93. The van der Waals surface area contributed by atoms with E-state index in [1.165, 1.54) is 17.0 Å². The number of fused-ring (bicyclic) bond motifs is 1. The molecule has 1 aromatic heterocycles. The standard InChI is InChI=1S/C22H21N3O3S2/c1-15(22(14-23)30(24,26)27)20-6-7-21(29-20)18-3-2-17-13-19(5-4-16(17)12-18)25-8-10-28-11-9-25/h2-7,12-13H,8-11H2,1H3,(H2,24,26,27). The van der Waals surface area contributed by atoms with Gasteiger partial charge in [0.25, 0.3) is 0 Å². The van der Waals surface area contributed by atoms with Crippen LogP contribution in [0.2, 0.25) is 0 Å². The van der Waals surface area contributed by atoms with E-state index in [0.717, 1.165) is 47.5 Å². The highest BCUT2D eigenvalue weighted by Crippen LogP contribution is 2.35. The molecule has 3 aromatic rings. The number of allylic oxidation sites excluding steroid dienone is 2. The Morgan fingerprint density at radius 1 is 1.10 bits per heavy atom. The van der Waals surface area contributed by atoms with E-state index in [0.29, 0.717) is 10.5 Å². The average molecular weight is 440 g/mol. The molecule has 0 saturated carbocycles. The molecule has 6 nitrogen and oxygen atoms in total. The zero-order valence-corrected chi connectivity index (χ0v) is 18.1. The molecule has 0 aliphatic carbocycles. The van der Waals surface area contributed by atoms with Crippen LogP contribution in [0.5, 0.6) is 0 Å². The summed E-state index contributed by atoms with van der Waals surface area (Å²) in [5, 5.41) is 16.6. The van der Waals surface area contributed by atoms with Crippen molar-refractivity contribution in [3.05, 3.63) is 58.3 Å². The number of primary sulfonamides is 1. The van der Waals surface area contributed by atoms with Gasteiger partial charge in [0.05, 0.1) is 13.2 Å². The molecule has 4 rings (SSSR count). The third-order valence-electron chi connectivity index (χ3n) is 5.19. The summed E-state index contributed by atoms with van der Waals surface area (Å²) in [5.74, 6) is 0. The number of nitrogens with two attached hydrogens (primary N) is 1. The third kappa shape index (κ3) is 4.11. The summed E-state index contributed by atoms with van der Waals surface area (Å²) in [4.78, 5) is 3.63. The molecule has 0 unspecified atom stereocenters. The van der Waals surface area contributed by atoms with Crippen LogP contribution in [0.15, 0.2) is 53.4 Å². The van der Waals surface area contributed by atoms with Gasteiger partial charge < -0.3 is 9.64 Å². The molecule has 1 saturated heterocycles. The van der Waals surface area contributed by atoms with Crippen LogP contribution in [0, 0.1) is 11.3 Å². The number of morpholine rings is 1. The zero-order chi connectivity index (χ0) is 21.3. The van der Waals surface area contributed by atoms with Crippen LogP contribution in [0.4, 0.5) is 5.69 Å². The van der Waals surface area contributed by atoms with Crippen LogP contribution >= 0.6 is 11.3 Å². The van der Waals surface area contributed by atoms with Crippen molar-refractivity contribution in [2.45, 2.75) is 6.92 Å². The topological polar surface area (TPSA) is 96.4 Å². The average Bonchev–Trinajstić information content (AvgIpc) is 3.23. The number of nitriles is 1. The van der Waals surface area contributed by atoms with Crippen LogP contribution in [0.3, 0.4) is 0 Å². The number of anilines is 1. The van der Waals surface area contributed by atoms with Crippen LogP contribution in [0.25, 0.3) is 26.8 Å². The molecular weight excluding hydrogens is 418 g/mol. The summed E-state index contributed by atoms with van der Waals surface area (Å²) in [7, 11) is -4.05. The van der Waals surface area contributed by atoms with Gasteiger partial charge in [-0.3, -0.25) is 0 Å². The van der Waals surface area contributed by atoms with Crippen molar-refractivity contribution in [1.29, 1.82) is 5.26 Å². The number of nitrogens with zero attached hydrogens (tertiary/aromatic N) is 2. The van der Waals surface area contributed by atoms with Gasteiger partial charge in [0.15, 0.2) is 4.91 Å². The molecule has 2 aromatic carbocycles. The summed E-state index contributed by atoms with van der Waals surface area (Å²) in [6, 6.07) is 18.2. The molecule has 0 radical (unpaired) electrons. The summed E-state index contributed by atoms with van der Waals surface area (Å²) in [6.07, 6.45) is 0. The summed E-state index contributed by atoms with van der Waals surface area (Å²) in [5.41, 5.74) is 2.61. The van der Waals surface area contributed by atoms with Gasteiger partial charge in [0.1, 0.15) is 6.07 Å². The fourth-order valence-corrected chi connectivity index (χ4v) is 5.31. The number of hydrogen-bond donors (Lipinski definition) is 1. The lowest BCUT2D eigenvalue weighted by molar-refractivity contribution is 0.122. The second-order valence-electron chi connectivity index (χ2n) is 7.12. The van der Waals surface area contributed by atoms with E-state index in [4.69, 9.17) is 9.88 Å². The second kappa shape index (κ2) is 8.20. The molecule has 30 heavy (non-hydrogen) atoms. The van der Waals surface area contributed by atoms with Gasteiger partial charge in [-0.25, -0.2) is 13.6 Å². The fourth-order valence-electron chi connectivity index (χ4n) is 3.57. The van der Waals surface area contributed by atoms with Crippen LogP contribution < -0.4 is 10.0 Å². The number of thiophene rings is 1. The Kier molecular flexibility index (Phi) is 5.62. The normalized spacial score (nSPS) is 15.7. The Labute approximate surface area is 179 Å². The molecule has 0 atom stereocenters. The molecule has 0 amide bonds. The van der Waals surface area contributed by atoms with Crippen molar-refractivity contribution in [2.75, 3.05) is 31.2 Å². The summed E-state index contributed by atoms with van der Waals surface area (Å²) < 4.78 is 28.7. The SMILES string of the molecule is CC(=C(C#N)S(N)(=O)=O)c1ccc(-c2ccc3cc(N4CCOCC4)ccc3c2)s1. The highest BCUT2D eigenvalue weighted by atomic mass is 32.2. The maximum absolute atomic E-state index is 11.6. The van der Waals surface area contributed by atoms with Crippen molar-refractivity contribution < 1.29 is 13.2 Å². The molecule has 1 aliphatic heterocycles. The number of rotatable bonds is 4. The van der Waals surface area contributed by atoms with Crippen molar-refractivity contribution in [2.24, 2.45) is 5.14 Å². The van der Waals surface area contributed by atoms with Crippen molar-refractivity contribution >= 4 is 43.4 Å². The number of hydrogen-bond acceptors (Lipinski definition) is 6. The molecule has 2 N–H and O–H groups in total. The highest BCUT2D eigenvalue weighted by Gasteiger charge is 2.18. The van der Waals surface area contributed by atoms with E-state index in [1.807, 2.05) is 12.1 Å². The monoisotopic (exact) mass is 439 g/mol. The van der Waals surface area contributed by atoms with Gasteiger partial charge in [-0.1, -0.05) is 18.2 Å². The molecule has 154 valence electrons. The first-order valence-corrected chi connectivity index (χ1v) is 11.8. The van der Waals surface area contributed by atoms with Gasteiger partial charge in [0, 0.05) is 28.5 Å². The molecule has 0 spiro atoms. The smallest absolute Gasteiger partial charge is 0.248 e. The van der Waals surface area contributed by atoms with Gasteiger partial charge >= 0.3 is 0 Å². The largest absolute Gasteiger partial charge is 0.378 e. The quantitative estimate of drug-likeness (QED) is 0.621. The van der Waals surface area contributed by atoms with E-state index in [1.54, 1.807) is 13.0 Å². The predicted molar refractivity (Wildman–Crippen MR) is 122 cm³/mol. The van der Waals surface area contributed by atoms with Gasteiger partial charge in [-0.05, 0) is 59.2 Å². The molecule has 0 bridgehead atoms. The Hall–Kier alpha value is -2.70. The first-order chi connectivity index (χ1) is 14.4. The van der Waals surface area contributed by atoms with Crippen LogP contribution in [0.1, 0.15) is 11.8 Å². The molecule has 1 aliphatic rings. The third-order valence-corrected chi connectivity index (χ3v) is 7.41. The fraction of sp³-hybridized carbons (Fsp3) is 0.227. The minimum atomic E-state index is -4.05. The molecule has 1 fully saturated rings. The first-order valence-electron chi connectivity index (χ1n) is 9.48. The van der Waals surface area contributed by atoms with E-state index < -0.39 is 14.9 Å². The van der Waals surface area contributed by atoms with Crippen molar-refractivity contribution in [1.82, 2.24) is 0 Å². The maximum atomic E-state index is 11.6. The van der Waals surface area contributed by atoms with Gasteiger partial charge in [-0.2, -0.15) is 5.26 Å². The first kappa shape index (κ1) is 20.6. The minimum absolute atomic E-state index is 0.368. The minimum Gasteiger partial charge on any atom is -0.378 e. The predicted octanol–water partition coefficient (Wildman–Crippen LogP) is 3.95. The Morgan fingerprint density at radius 2 is 1.80 bits per heavy atom. The lowest BCUT2D eigenvalue weighted by Gasteiger charge is -2.29. The van der Waals surface area contributed by atoms with E-state index in [-0.39, 0.29) is 0 Å². The lowest BCUT2D eigenvalue weighted by Crippen LogP contribution is -2.36. The Morgan fingerprint density at radius 3 is 2.50 bits per heavy atom. The van der Waals surface area contributed by atoms with Crippen LogP contribution in [-0.4, -0.2) is 34.7 Å². The number of benzene rings is 2. The van der Waals surface area contributed by atoms with Gasteiger partial charge in [0.2, 0.25) is 10.0 Å². The molecule has 8 heteroatoms. The lowest BCUT2D eigenvalue weighted by atomic mass is 10.0. The Balaban J connectivity index is 1.66. The van der Waals surface area contributed by atoms with Crippen molar-refractivity contribution in [3.63, 3.8) is 0 Å². The van der Waals surface area contributed by atoms with Gasteiger partial charge in [-0.15, -0.1) is 11.3 Å². The zero-order valence-electron chi connectivity index (χ0n) is 16.5. The summed E-state index contributed by atoms with van der Waals surface area (Å²) >= 11 is 1.44. The van der Waals surface area contributed by atoms with E-state index >= 15 is 0 Å². The number of sulfonamides is 1. The van der Waals surface area contributed by atoms with E-state index in [2.05, 4.69) is 41.3 Å². The molecular formula is C22H21N3O3S2. The van der Waals surface area contributed by atoms with Crippen LogP contribution in [-0.2, 0) is 14.8 Å². The second-order valence-corrected chi connectivity index (χ2v) is 9.70. The maximum Gasteiger partial charge on any atom is 0.248 e. The Bertz CT molecular complexity index is 1280. The van der Waals surface area contributed by atoms with E-state index in [9.17, 15) is 13.7 Å². The summed E-state index contributed by atoms with van der Waals surface area (Å²) in [6.45, 7) is 4.91. The van der Waals surface area contributed by atoms with Crippen molar-refractivity contribution in [3.8, 4) is 16.5 Å².